The third kappa shape index (κ3) is 4.50. The molecule has 0 saturated carbocycles. The molecule has 2 heterocycles. The lowest BCUT2D eigenvalue weighted by Gasteiger charge is -2.25. The first-order chi connectivity index (χ1) is 17.1. The quantitative estimate of drug-likeness (QED) is 0.377. The Morgan fingerprint density at radius 3 is 2.34 bits per heavy atom. The van der Waals surface area contributed by atoms with E-state index in [0.717, 1.165) is 16.7 Å². The number of hydrogen-bond donors (Lipinski definition) is 0. The van der Waals surface area contributed by atoms with Gasteiger partial charge in [0, 0.05) is 10.6 Å². The van der Waals surface area contributed by atoms with Crippen molar-refractivity contribution >= 4 is 40.7 Å². The van der Waals surface area contributed by atoms with Crippen molar-refractivity contribution in [3.63, 3.8) is 0 Å². The summed E-state index contributed by atoms with van der Waals surface area (Å²) in [4.78, 5) is 32.4. The van der Waals surface area contributed by atoms with Gasteiger partial charge in [0.25, 0.3) is 5.56 Å². The molecule has 0 aliphatic carbocycles. The molecular weight excluding hydrogens is 480 g/mol. The number of thiazole rings is 1. The molecule has 5 nitrogen and oxygen atoms in total. The van der Waals surface area contributed by atoms with Gasteiger partial charge >= 0.3 is 5.97 Å². The SMILES string of the molecule is CCOC(=O)C1=C(c2ccccc2)N=c2s/c(=C\c3ccccc3)c(=O)n2[C@@H]1c1ccc(Cl)cc1. The third-order valence-electron chi connectivity index (χ3n) is 5.66. The number of carbonyl (C=O) groups excluding carboxylic acids is 1. The topological polar surface area (TPSA) is 60.7 Å². The fraction of sp³-hybridized carbons (Fsp3) is 0.107. The Hall–Kier alpha value is -3.74. The van der Waals surface area contributed by atoms with E-state index in [9.17, 15) is 9.59 Å². The van der Waals surface area contributed by atoms with Gasteiger partial charge in [-0.3, -0.25) is 9.36 Å². The Morgan fingerprint density at radius 2 is 1.69 bits per heavy atom. The second-order valence-electron chi connectivity index (χ2n) is 7.89. The summed E-state index contributed by atoms with van der Waals surface area (Å²) in [6.07, 6.45) is 1.85. The molecule has 1 aliphatic heterocycles. The van der Waals surface area contributed by atoms with Gasteiger partial charge in [-0.2, -0.15) is 0 Å². The van der Waals surface area contributed by atoms with E-state index in [4.69, 9.17) is 21.3 Å². The third-order valence-corrected chi connectivity index (χ3v) is 6.89. The minimum Gasteiger partial charge on any atom is -0.463 e. The maximum absolute atomic E-state index is 13.7. The average Bonchev–Trinajstić information content (AvgIpc) is 3.19. The van der Waals surface area contributed by atoms with Crippen molar-refractivity contribution in [1.82, 2.24) is 4.57 Å². The van der Waals surface area contributed by atoms with Crippen LogP contribution in [0.3, 0.4) is 0 Å². The fourth-order valence-corrected chi connectivity index (χ4v) is 5.23. The largest absolute Gasteiger partial charge is 0.463 e. The molecular formula is C28H21ClN2O3S. The first-order valence-corrected chi connectivity index (χ1v) is 12.3. The predicted molar refractivity (Wildman–Crippen MR) is 139 cm³/mol. The summed E-state index contributed by atoms with van der Waals surface area (Å²) in [5, 5.41) is 0.565. The van der Waals surface area contributed by atoms with Crippen molar-refractivity contribution in [2.75, 3.05) is 6.61 Å². The number of fused-ring (bicyclic) bond motifs is 1. The zero-order valence-corrected chi connectivity index (χ0v) is 20.4. The van der Waals surface area contributed by atoms with Crippen LogP contribution in [-0.2, 0) is 9.53 Å². The minimum absolute atomic E-state index is 0.205. The van der Waals surface area contributed by atoms with Crippen molar-refractivity contribution in [1.29, 1.82) is 0 Å². The van der Waals surface area contributed by atoms with Gasteiger partial charge in [-0.15, -0.1) is 0 Å². The maximum atomic E-state index is 13.7. The molecule has 1 aromatic heterocycles. The van der Waals surface area contributed by atoms with Crippen LogP contribution < -0.4 is 14.9 Å². The molecule has 0 bridgehead atoms. The van der Waals surface area contributed by atoms with Gasteiger partial charge in [-0.05, 0) is 36.3 Å². The fourth-order valence-electron chi connectivity index (χ4n) is 4.10. The van der Waals surface area contributed by atoms with Gasteiger partial charge in [0.05, 0.1) is 28.5 Å². The molecule has 5 rings (SSSR count). The second kappa shape index (κ2) is 9.86. The van der Waals surface area contributed by atoms with Crippen LogP contribution in [-0.4, -0.2) is 17.1 Å². The lowest BCUT2D eigenvalue weighted by atomic mass is 9.93. The number of halogens is 1. The first kappa shape index (κ1) is 23.0. The van der Waals surface area contributed by atoms with E-state index < -0.39 is 12.0 Å². The zero-order chi connectivity index (χ0) is 24.4. The van der Waals surface area contributed by atoms with Crippen LogP contribution in [0.5, 0.6) is 0 Å². The Morgan fingerprint density at radius 1 is 1.03 bits per heavy atom. The van der Waals surface area contributed by atoms with Crippen LogP contribution in [0.1, 0.15) is 29.7 Å². The Bertz CT molecular complexity index is 1590. The Labute approximate surface area is 210 Å². The lowest BCUT2D eigenvalue weighted by Crippen LogP contribution is -2.40. The summed E-state index contributed by atoms with van der Waals surface area (Å²) in [7, 11) is 0. The summed E-state index contributed by atoms with van der Waals surface area (Å²) >= 11 is 7.46. The first-order valence-electron chi connectivity index (χ1n) is 11.2. The molecule has 1 aliphatic rings. The van der Waals surface area contributed by atoms with Gasteiger partial charge < -0.3 is 4.74 Å². The van der Waals surface area contributed by atoms with Gasteiger partial charge in [0.1, 0.15) is 0 Å². The number of nitrogens with zero attached hydrogens (tertiary/aromatic N) is 2. The van der Waals surface area contributed by atoms with Gasteiger partial charge in [-0.25, -0.2) is 9.79 Å². The monoisotopic (exact) mass is 500 g/mol. The molecule has 4 aromatic rings. The highest BCUT2D eigenvalue weighted by Crippen LogP contribution is 2.35. The molecule has 0 N–H and O–H groups in total. The van der Waals surface area contributed by atoms with E-state index in [1.807, 2.05) is 78.9 Å². The average molecular weight is 501 g/mol. The summed E-state index contributed by atoms with van der Waals surface area (Å²) in [6.45, 7) is 1.96. The standard InChI is InChI=1S/C28H21ClN2O3S/c1-2-34-27(33)23-24(19-11-7-4-8-12-19)30-28-31(25(23)20-13-15-21(29)16-14-20)26(32)22(35-28)17-18-9-5-3-6-10-18/h3-17,25H,2H2,1H3/b22-17-/t25-/m1/s1. The predicted octanol–water partition coefficient (Wildman–Crippen LogP) is 4.59. The summed E-state index contributed by atoms with van der Waals surface area (Å²) in [5.41, 5.74) is 3.03. The highest BCUT2D eigenvalue weighted by atomic mass is 35.5. The number of ether oxygens (including phenoxy) is 1. The van der Waals surface area contributed by atoms with E-state index in [-0.39, 0.29) is 12.2 Å². The number of esters is 1. The van der Waals surface area contributed by atoms with E-state index in [1.165, 1.54) is 11.3 Å². The Kier molecular flexibility index (Phi) is 6.49. The van der Waals surface area contributed by atoms with Gasteiger partial charge in [0.15, 0.2) is 4.80 Å². The molecule has 0 amide bonds. The molecule has 0 fully saturated rings. The van der Waals surface area contributed by atoms with Crippen LogP contribution in [0.4, 0.5) is 0 Å². The summed E-state index contributed by atoms with van der Waals surface area (Å²) in [6, 6.07) is 25.6. The number of rotatable bonds is 5. The molecule has 0 radical (unpaired) electrons. The molecule has 0 saturated heterocycles. The highest BCUT2D eigenvalue weighted by molar-refractivity contribution is 7.07. The number of benzene rings is 3. The normalized spacial score (nSPS) is 15.5. The van der Waals surface area contributed by atoms with Gasteiger partial charge in [0.2, 0.25) is 0 Å². The zero-order valence-electron chi connectivity index (χ0n) is 18.9. The minimum atomic E-state index is -0.712. The van der Waals surface area contributed by atoms with Crippen molar-refractivity contribution in [3.8, 4) is 0 Å². The van der Waals surface area contributed by atoms with Crippen LogP contribution >= 0.6 is 22.9 Å². The van der Waals surface area contributed by atoms with Crippen molar-refractivity contribution in [2.24, 2.45) is 4.99 Å². The maximum Gasteiger partial charge on any atom is 0.338 e. The van der Waals surface area contributed by atoms with Crippen LogP contribution in [0.15, 0.2) is 100 Å². The Balaban J connectivity index is 1.84. The lowest BCUT2D eigenvalue weighted by molar-refractivity contribution is -0.138. The van der Waals surface area contributed by atoms with Gasteiger partial charge in [-0.1, -0.05) is 95.7 Å². The second-order valence-corrected chi connectivity index (χ2v) is 9.34. The molecule has 3 aromatic carbocycles. The molecule has 1 atom stereocenters. The van der Waals surface area contributed by atoms with Crippen LogP contribution in [0.25, 0.3) is 11.8 Å². The number of carbonyl (C=O) groups is 1. The summed E-state index contributed by atoms with van der Waals surface area (Å²) < 4.78 is 7.58. The van der Waals surface area contributed by atoms with Crippen molar-refractivity contribution < 1.29 is 9.53 Å². The van der Waals surface area contributed by atoms with E-state index in [0.29, 0.717) is 25.6 Å². The van der Waals surface area contributed by atoms with E-state index >= 15 is 0 Å². The molecule has 174 valence electrons. The molecule has 7 heteroatoms. The van der Waals surface area contributed by atoms with E-state index in [2.05, 4.69) is 0 Å². The van der Waals surface area contributed by atoms with Crippen LogP contribution in [0, 0.1) is 0 Å². The molecule has 35 heavy (non-hydrogen) atoms. The number of aromatic nitrogens is 1. The van der Waals surface area contributed by atoms with Crippen molar-refractivity contribution in [2.45, 2.75) is 13.0 Å². The molecule has 0 unspecified atom stereocenters. The highest BCUT2D eigenvalue weighted by Gasteiger charge is 2.35. The summed E-state index contributed by atoms with van der Waals surface area (Å²) in [5.74, 6) is -0.507. The number of hydrogen-bond acceptors (Lipinski definition) is 5. The molecule has 0 spiro atoms. The van der Waals surface area contributed by atoms with E-state index in [1.54, 1.807) is 23.6 Å². The smallest absolute Gasteiger partial charge is 0.338 e. The van der Waals surface area contributed by atoms with Crippen LogP contribution in [0.2, 0.25) is 5.02 Å². The van der Waals surface area contributed by atoms with Crippen molar-refractivity contribution in [3.05, 3.63) is 132 Å².